The summed E-state index contributed by atoms with van der Waals surface area (Å²) in [5, 5.41) is 17.4. The van der Waals surface area contributed by atoms with Crippen molar-refractivity contribution in [3.63, 3.8) is 0 Å². The van der Waals surface area contributed by atoms with Gasteiger partial charge in [0.25, 0.3) is 5.82 Å². The molecule has 1 aromatic rings. The highest BCUT2D eigenvalue weighted by atomic mass is 15.1. The van der Waals surface area contributed by atoms with E-state index >= 15 is 0 Å². The normalized spacial score (nSPS) is 11.7. The van der Waals surface area contributed by atoms with Gasteiger partial charge in [-0.3, -0.25) is 0 Å². The number of aryl methyl sites for hydroxylation is 1. The number of nitrogens with one attached hydrogen (secondary N) is 1. The van der Waals surface area contributed by atoms with Crippen molar-refractivity contribution in [2.45, 2.75) is 32.7 Å². The fraction of sp³-hybridized carbons (Fsp3) is 0.545. The number of aromatic amines is 1. The third-order valence-electron chi connectivity index (χ3n) is 2.28. The van der Waals surface area contributed by atoms with Gasteiger partial charge in [0.2, 0.25) is 0 Å². The number of rotatable bonds is 5. The lowest BCUT2D eigenvalue weighted by atomic mass is 10.1. The molecule has 0 fully saturated rings. The molecular weight excluding hydrogens is 188 g/mol. The minimum Gasteiger partial charge on any atom is -0.248 e. The molecule has 1 heterocycles. The molecule has 1 rings (SSSR count). The van der Waals surface area contributed by atoms with Crippen molar-refractivity contribution in [2.75, 3.05) is 0 Å². The number of aromatic nitrogens is 2. The Labute approximate surface area is 89.8 Å². The molecule has 1 unspecified atom stereocenters. The Bertz CT molecular complexity index is 380. The zero-order valence-electron chi connectivity index (χ0n) is 8.90. The second kappa shape index (κ2) is 5.82. The lowest BCUT2D eigenvalue weighted by Crippen LogP contribution is -2.39. The molecular formula is C11H15N4+. The van der Waals surface area contributed by atoms with Gasteiger partial charge in [0.1, 0.15) is 18.9 Å². The Kier molecular flexibility index (Phi) is 4.37. The maximum Gasteiger partial charge on any atom is 0.254 e. The fourth-order valence-electron chi connectivity index (χ4n) is 1.52. The van der Waals surface area contributed by atoms with Crippen LogP contribution in [0.5, 0.6) is 0 Å². The monoisotopic (exact) mass is 203 g/mol. The Morgan fingerprint density at radius 1 is 1.53 bits per heavy atom. The zero-order valence-corrected chi connectivity index (χ0v) is 8.90. The first kappa shape index (κ1) is 11.3. The Morgan fingerprint density at radius 2 is 2.33 bits per heavy atom. The summed E-state index contributed by atoms with van der Waals surface area (Å²) in [6, 6.07) is 4.19. The number of imidazole rings is 1. The minimum atomic E-state index is -0.216. The van der Waals surface area contributed by atoms with Crippen molar-refractivity contribution in [1.82, 2.24) is 4.98 Å². The molecule has 0 saturated heterocycles. The van der Waals surface area contributed by atoms with Gasteiger partial charge in [-0.15, -0.1) is 0 Å². The van der Waals surface area contributed by atoms with Crippen LogP contribution in [0, 0.1) is 28.6 Å². The Hall–Kier alpha value is -1.81. The van der Waals surface area contributed by atoms with E-state index in [1.54, 1.807) is 0 Å². The summed E-state index contributed by atoms with van der Waals surface area (Å²) in [6.45, 7) is 2.71. The van der Waals surface area contributed by atoms with Gasteiger partial charge in [-0.2, -0.15) is 10.5 Å². The molecule has 78 valence electrons. The molecule has 0 aliphatic rings. The Balaban J connectivity index is 2.67. The molecule has 0 aromatic carbocycles. The van der Waals surface area contributed by atoms with E-state index in [4.69, 9.17) is 10.5 Å². The van der Waals surface area contributed by atoms with Crippen LogP contribution < -0.4 is 4.57 Å². The fourth-order valence-corrected chi connectivity index (χ4v) is 1.52. The molecule has 1 atom stereocenters. The van der Waals surface area contributed by atoms with Gasteiger partial charge in [0, 0.05) is 6.42 Å². The van der Waals surface area contributed by atoms with Crippen molar-refractivity contribution >= 4 is 0 Å². The topological polar surface area (TPSA) is 67.2 Å². The maximum absolute atomic E-state index is 8.85. The van der Waals surface area contributed by atoms with Gasteiger partial charge in [-0.25, -0.2) is 9.55 Å². The quantitative estimate of drug-likeness (QED) is 0.733. The van der Waals surface area contributed by atoms with Crippen LogP contribution in [-0.2, 0) is 13.0 Å². The third kappa shape index (κ3) is 3.11. The molecule has 4 nitrogen and oxygen atoms in total. The highest BCUT2D eigenvalue weighted by molar-refractivity contribution is 4.88. The molecule has 15 heavy (non-hydrogen) atoms. The van der Waals surface area contributed by atoms with E-state index in [1.807, 2.05) is 23.0 Å². The summed E-state index contributed by atoms with van der Waals surface area (Å²) >= 11 is 0. The van der Waals surface area contributed by atoms with Crippen LogP contribution in [0.3, 0.4) is 0 Å². The highest BCUT2D eigenvalue weighted by Gasteiger charge is 2.15. The van der Waals surface area contributed by atoms with Crippen LogP contribution in [0.1, 0.15) is 25.6 Å². The zero-order chi connectivity index (χ0) is 11.1. The molecule has 0 amide bonds. The molecule has 1 aromatic heterocycles. The third-order valence-corrected chi connectivity index (χ3v) is 2.28. The number of nitriles is 2. The number of H-pyrrole nitrogens is 1. The van der Waals surface area contributed by atoms with Gasteiger partial charge in [0.15, 0.2) is 0 Å². The maximum atomic E-state index is 8.85. The number of hydrogen-bond acceptors (Lipinski definition) is 2. The summed E-state index contributed by atoms with van der Waals surface area (Å²) in [6.07, 6.45) is 6.12. The largest absolute Gasteiger partial charge is 0.254 e. The second-order valence-electron chi connectivity index (χ2n) is 3.50. The molecule has 0 radical (unpaired) electrons. The van der Waals surface area contributed by atoms with E-state index in [9.17, 15) is 0 Å². The van der Waals surface area contributed by atoms with Crippen molar-refractivity contribution in [2.24, 2.45) is 5.92 Å². The number of hydrogen-bond donors (Lipinski definition) is 1. The van der Waals surface area contributed by atoms with Gasteiger partial charge in [-0.1, -0.05) is 6.92 Å². The van der Waals surface area contributed by atoms with Crippen molar-refractivity contribution < 1.29 is 4.57 Å². The van der Waals surface area contributed by atoms with Gasteiger partial charge < -0.3 is 0 Å². The van der Waals surface area contributed by atoms with E-state index in [0.717, 1.165) is 18.7 Å². The van der Waals surface area contributed by atoms with Crippen molar-refractivity contribution in [3.8, 4) is 12.1 Å². The molecule has 1 N–H and O–H groups in total. The minimum absolute atomic E-state index is 0.216. The summed E-state index contributed by atoms with van der Waals surface area (Å²) in [4.78, 5) is 3.15. The average Bonchev–Trinajstić information content (AvgIpc) is 2.66. The average molecular weight is 203 g/mol. The van der Waals surface area contributed by atoms with E-state index < -0.39 is 0 Å². The first-order valence-corrected chi connectivity index (χ1v) is 5.14. The molecule has 0 aliphatic heterocycles. The van der Waals surface area contributed by atoms with E-state index in [-0.39, 0.29) is 5.92 Å². The predicted molar refractivity (Wildman–Crippen MR) is 54.3 cm³/mol. The molecule has 0 aliphatic carbocycles. The lowest BCUT2D eigenvalue weighted by Gasteiger charge is -2.02. The van der Waals surface area contributed by atoms with Gasteiger partial charge in [0.05, 0.1) is 24.5 Å². The SMILES string of the molecule is CCCc1[nH]cc[n+]1CC(C#N)CC#N. The van der Waals surface area contributed by atoms with Crippen LogP contribution in [0.15, 0.2) is 12.4 Å². The summed E-state index contributed by atoms with van der Waals surface area (Å²) in [7, 11) is 0. The van der Waals surface area contributed by atoms with Crippen molar-refractivity contribution in [1.29, 1.82) is 10.5 Å². The first-order chi connectivity index (χ1) is 7.31. The molecule has 0 saturated carbocycles. The van der Waals surface area contributed by atoms with Crippen molar-refractivity contribution in [3.05, 3.63) is 18.2 Å². The first-order valence-electron chi connectivity index (χ1n) is 5.14. The van der Waals surface area contributed by atoms with E-state index in [2.05, 4.69) is 18.0 Å². The summed E-state index contributed by atoms with van der Waals surface area (Å²) in [5.74, 6) is 0.905. The smallest absolute Gasteiger partial charge is 0.248 e. The second-order valence-corrected chi connectivity index (χ2v) is 3.50. The van der Waals surface area contributed by atoms with Crippen LogP contribution in [0.25, 0.3) is 0 Å². The molecule has 4 heteroatoms. The van der Waals surface area contributed by atoms with Crippen LogP contribution in [-0.4, -0.2) is 4.98 Å². The Morgan fingerprint density at radius 3 is 2.93 bits per heavy atom. The van der Waals surface area contributed by atoms with Crippen LogP contribution >= 0.6 is 0 Å². The van der Waals surface area contributed by atoms with E-state index in [1.165, 1.54) is 0 Å². The van der Waals surface area contributed by atoms with E-state index in [0.29, 0.717) is 13.0 Å². The summed E-state index contributed by atoms with van der Waals surface area (Å²) < 4.78 is 2.02. The summed E-state index contributed by atoms with van der Waals surface area (Å²) in [5.41, 5.74) is 0. The predicted octanol–water partition coefficient (Wildman–Crippen LogP) is 1.31. The number of nitrogens with zero attached hydrogens (tertiary/aromatic N) is 3. The van der Waals surface area contributed by atoms with Gasteiger partial charge >= 0.3 is 0 Å². The van der Waals surface area contributed by atoms with Gasteiger partial charge in [-0.05, 0) is 6.42 Å². The standard InChI is InChI=1S/C11H14N4/c1-2-3-11-14-6-7-15(11)9-10(8-13)4-5-12/h6-7,10H,2-4,9H2,1H3/p+1. The van der Waals surface area contributed by atoms with Crippen LogP contribution in [0.2, 0.25) is 0 Å². The highest BCUT2D eigenvalue weighted by Crippen LogP contribution is 2.01. The molecule has 0 bridgehead atoms. The lowest BCUT2D eigenvalue weighted by molar-refractivity contribution is -0.707. The molecule has 0 spiro atoms. The van der Waals surface area contributed by atoms with Crippen LogP contribution in [0.4, 0.5) is 0 Å².